The molecule has 2 aromatic rings. The molecule has 5 heteroatoms. The molecule has 1 unspecified atom stereocenters. The maximum absolute atomic E-state index is 14.2. The molecule has 0 spiro atoms. The van der Waals surface area contributed by atoms with Gasteiger partial charge >= 0.3 is 0 Å². The highest BCUT2D eigenvalue weighted by Gasteiger charge is 2.21. The molecule has 1 aliphatic heterocycles. The third-order valence-corrected chi connectivity index (χ3v) is 4.25. The summed E-state index contributed by atoms with van der Waals surface area (Å²) in [6.45, 7) is 0. The van der Waals surface area contributed by atoms with Crippen molar-refractivity contribution >= 4 is 34.2 Å². The van der Waals surface area contributed by atoms with Gasteiger partial charge in [-0.3, -0.25) is 4.79 Å². The number of amides is 1. The smallest absolute Gasteiger partial charge is 0.224 e. The molecule has 3 nitrogen and oxygen atoms in total. The summed E-state index contributed by atoms with van der Waals surface area (Å²) in [6.07, 6.45) is -0.0621. The number of aliphatic hydroxyl groups excluding tert-OH is 1. The summed E-state index contributed by atoms with van der Waals surface area (Å²) in [5, 5.41) is 13.1. The molecule has 0 radical (unpaired) electrons. The number of rotatable bonds is 2. The summed E-state index contributed by atoms with van der Waals surface area (Å²) in [5.74, 6) is -0.616. The van der Waals surface area contributed by atoms with Crippen LogP contribution in [0.5, 0.6) is 0 Å². The first-order valence-electron chi connectivity index (χ1n) is 6.60. The molecule has 3 rings (SSSR count). The van der Waals surface area contributed by atoms with Crippen molar-refractivity contribution in [2.75, 3.05) is 5.32 Å². The van der Waals surface area contributed by atoms with Gasteiger partial charge in [-0.1, -0.05) is 12.1 Å². The Bertz CT molecular complexity index is 717. The highest BCUT2D eigenvalue weighted by Crippen LogP contribution is 2.31. The molecule has 1 atom stereocenters. The van der Waals surface area contributed by atoms with E-state index in [0.717, 1.165) is 9.13 Å². The van der Waals surface area contributed by atoms with Gasteiger partial charge in [0.05, 0.1) is 0 Å². The Hall–Kier alpha value is -1.47. The van der Waals surface area contributed by atoms with Crippen LogP contribution in [0.2, 0.25) is 0 Å². The van der Waals surface area contributed by atoms with Crippen molar-refractivity contribution < 1.29 is 14.3 Å². The standard InChI is InChI=1S/C16H13FINO2/c17-13-8-14-9(4-5-15(20)19-14)7-12(13)16(21)10-2-1-3-11(18)6-10/h1-3,6-8,16,21H,4-5H2,(H,19,20). The number of hydrogen-bond acceptors (Lipinski definition) is 2. The van der Waals surface area contributed by atoms with Crippen molar-refractivity contribution in [2.24, 2.45) is 0 Å². The Morgan fingerprint density at radius 3 is 2.81 bits per heavy atom. The number of carbonyl (C=O) groups excluding carboxylic acids is 1. The van der Waals surface area contributed by atoms with Crippen LogP contribution in [0, 0.1) is 9.39 Å². The van der Waals surface area contributed by atoms with E-state index in [0.29, 0.717) is 24.1 Å². The molecule has 2 aromatic carbocycles. The Kier molecular flexibility index (Phi) is 3.95. The Labute approximate surface area is 135 Å². The third kappa shape index (κ3) is 2.94. The van der Waals surface area contributed by atoms with Gasteiger partial charge in [0.25, 0.3) is 0 Å². The van der Waals surface area contributed by atoms with Crippen LogP contribution in [0.25, 0.3) is 0 Å². The lowest BCUT2D eigenvalue weighted by molar-refractivity contribution is -0.116. The average Bonchev–Trinajstić information content (AvgIpc) is 2.45. The second kappa shape index (κ2) is 5.73. The van der Waals surface area contributed by atoms with Crippen LogP contribution in [0.4, 0.5) is 10.1 Å². The van der Waals surface area contributed by atoms with Crippen molar-refractivity contribution in [3.05, 3.63) is 62.5 Å². The molecule has 0 bridgehead atoms. The van der Waals surface area contributed by atoms with Crippen LogP contribution in [0.3, 0.4) is 0 Å². The van der Waals surface area contributed by atoms with Crippen LogP contribution in [-0.2, 0) is 11.2 Å². The maximum Gasteiger partial charge on any atom is 0.224 e. The van der Waals surface area contributed by atoms with E-state index < -0.39 is 11.9 Å². The third-order valence-electron chi connectivity index (χ3n) is 3.58. The van der Waals surface area contributed by atoms with E-state index in [-0.39, 0.29) is 11.5 Å². The molecular formula is C16H13FINO2. The molecule has 1 aliphatic rings. The molecule has 0 aliphatic carbocycles. The lowest BCUT2D eigenvalue weighted by Crippen LogP contribution is -2.20. The number of carbonyl (C=O) groups is 1. The van der Waals surface area contributed by atoms with E-state index in [1.54, 1.807) is 12.1 Å². The Morgan fingerprint density at radius 1 is 1.24 bits per heavy atom. The fraction of sp³-hybridized carbons (Fsp3) is 0.188. The molecule has 1 heterocycles. The summed E-state index contributed by atoms with van der Waals surface area (Å²) < 4.78 is 15.2. The normalized spacial score (nSPS) is 15.3. The van der Waals surface area contributed by atoms with Crippen LogP contribution < -0.4 is 5.32 Å². The fourth-order valence-corrected chi connectivity index (χ4v) is 3.05. The van der Waals surface area contributed by atoms with E-state index in [1.807, 2.05) is 18.2 Å². The van der Waals surface area contributed by atoms with Gasteiger partial charge in [0.15, 0.2) is 0 Å². The van der Waals surface area contributed by atoms with E-state index >= 15 is 0 Å². The number of benzene rings is 2. The SMILES string of the molecule is O=C1CCc2cc(C(O)c3cccc(I)c3)c(F)cc2N1. The predicted octanol–water partition coefficient (Wildman–Crippen LogP) is 3.40. The van der Waals surface area contributed by atoms with Gasteiger partial charge in [0, 0.05) is 21.2 Å². The first-order chi connectivity index (χ1) is 10.0. The highest BCUT2D eigenvalue weighted by atomic mass is 127. The lowest BCUT2D eigenvalue weighted by Gasteiger charge is -2.20. The van der Waals surface area contributed by atoms with Gasteiger partial charge in [0.1, 0.15) is 11.9 Å². The molecular weight excluding hydrogens is 384 g/mol. The van der Waals surface area contributed by atoms with E-state index in [2.05, 4.69) is 27.9 Å². The Morgan fingerprint density at radius 2 is 2.05 bits per heavy atom. The highest BCUT2D eigenvalue weighted by molar-refractivity contribution is 14.1. The molecule has 0 aromatic heterocycles. The predicted molar refractivity (Wildman–Crippen MR) is 86.6 cm³/mol. The van der Waals surface area contributed by atoms with Crippen molar-refractivity contribution in [3.63, 3.8) is 0 Å². The number of anilines is 1. The number of hydrogen-bond donors (Lipinski definition) is 2. The van der Waals surface area contributed by atoms with Crippen molar-refractivity contribution in [3.8, 4) is 0 Å². The minimum absolute atomic E-state index is 0.104. The first-order valence-corrected chi connectivity index (χ1v) is 7.68. The number of aliphatic hydroxyl groups is 1. The number of fused-ring (bicyclic) bond motifs is 1. The average molecular weight is 397 g/mol. The molecule has 0 saturated heterocycles. The summed E-state index contributed by atoms with van der Waals surface area (Å²) in [4.78, 5) is 11.3. The minimum atomic E-state index is -1.01. The molecule has 1 amide bonds. The van der Waals surface area contributed by atoms with Crippen LogP contribution in [0.15, 0.2) is 36.4 Å². The fourth-order valence-electron chi connectivity index (χ4n) is 2.49. The topological polar surface area (TPSA) is 49.3 Å². The molecule has 2 N–H and O–H groups in total. The van der Waals surface area contributed by atoms with Gasteiger partial charge in [-0.2, -0.15) is 0 Å². The number of halogens is 2. The zero-order chi connectivity index (χ0) is 15.0. The molecule has 0 fully saturated rings. The van der Waals surface area contributed by atoms with Crippen molar-refractivity contribution in [1.82, 2.24) is 0 Å². The van der Waals surface area contributed by atoms with Gasteiger partial charge in [-0.25, -0.2) is 4.39 Å². The monoisotopic (exact) mass is 397 g/mol. The van der Waals surface area contributed by atoms with Crippen molar-refractivity contribution in [1.29, 1.82) is 0 Å². The van der Waals surface area contributed by atoms with Gasteiger partial charge in [-0.15, -0.1) is 0 Å². The first kappa shape index (κ1) is 14.5. The quantitative estimate of drug-likeness (QED) is 0.764. The number of nitrogens with one attached hydrogen (secondary N) is 1. The Balaban J connectivity index is 2.01. The van der Waals surface area contributed by atoms with Crippen molar-refractivity contribution in [2.45, 2.75) is 18.9 Å². The van der Waals surface area contributed by atoms with Crippen LogP contribution >= 0.6 is 22.6 Å². The van der Waals surface area contributed by atoms with Gasteiger partial charge < -0.3 is 10.4 Å². The zero-order valence-electron chi connectivity index (χ0n) is 11.1. The number of aryl methyl sites for hydroxylation is 1. The van der Waals surface area contributed by atoms with Crippen LogP contribution in [0.1, 0.15) is 29.2 Å². The minimum Gasteiger partial charge on any atom is -0.384 e. The van der Waals surface area contributed by atoms with Gasteiger partial charge in [0.2, 0.25) is 5.91 Å². The summed E-state index contributed by atoms with van der Waals surface area (Å²) >= 11 is 2.15. The summed E-state index contributed by atoms with van der Waals surface area (Å²) in [6, 6.07) is 10.3. The lowest BCUT2D eigenvalue weighted by atomic mass is 9.95. The largest absolute Gasteiger partial charge is 0.384 e. The summed E-state index contributed by atoms with van der Waals surface area (Å²) in [7, 11) is 0. The van der Waals surface area contributed by atoms with E-state index in [4.69, 9.17) is 0 Å². The zero-order valence-corrected chi connectivity index (χ0v) is 13.2. The molecule has 108 valence electrons. The second-order valence-electron chi connectivity index (χ2n) is 5.04. The van der Waals surface area contributed by atoms with E-state index in [9.17, 15) is 14.3 Å². The molecule has 21 heavy (non-hydrogen) atoms. The summed E-state index contributed by atoms with van der Waals surface area (Å²) in [5.41, 5.74) is 2.26. The molecule has 0 saturated carbocycles. The maximum atomic E-state index is 14.2. The van der Waals surface area contributed by atoms with Gasteiger partial charge in [-0.05, 0) is 64.4 Å². The van der Waals surface area contributed by atoms with E-state index in [1.165, 1.54) is 6.07 Å². The van der Waals surface area contributed by atoms with Crippen LogP contribution in [-0.4, -0.2) is 11.0 Å². The second-order valence-corrected chi connectivity index (χ2v) is 6.28.